The maximum absolute atomic E-state index is 4.47. The fourth-order valence-electron chi connectivity index (χ4n) is 0.707. The predicted molar refractivity (Wildman–Crippen MR) is 55.5 cm³/mol. The van der Waals surface area contributed by atoms with Gasteiger partial charge in [0.2, 0.25) is 0 Å². The maximum atomic E-state index is 4.47. The summed E-state index contributed by atoms with van der Waals surface area (Å²) < 4.78 is 0.978. The molecule has 0 aromatic carbocycles. The number of quaternary nitrogens is 1. The monoisotopic (exact) mass is 237 g/mol. The first-order chi connectivity index (χ1) is 5.12. The highest BCUT2D eigenvalue weighted by Gasteiger charge is 2.11. The van der Waals surface area contributed by atoms with Gasteiger partial charge in [0.05, 0.1) is 44.2 Å². The minimum absolute atomic E-state index is 0.781. The second kappa shape index (κ2) is 5.84. The summed E-state index contributed by atoms with van der Waals surface area (Å²) in [6, 6.07) is 0. The molecule has 0 N–H and O–H groups in total. The Balaban J connectivity index is 3.62. The summed E-state index contributed by atoms with van der Waals surface area (Å²) in [5.74, 6) is 0. The number of likely N-dealkylation sites (N-methyl/N-ethyl adjacent to an activating group) is 1. The first-order valence-corrected chi connectivity index (χ1v) is 5.07. The van der Waals surface area contributed by atoms with Gasteiger partial charge in [-0.15, -0.1) is 0 Å². The molecule has 0 aliphatic rings. The molecule has 0 rings (SSSR count). The van der Waals surface area contributed by atoms with E-state index in [1.165, 1.54) is 0 Å². The van der Waals surface area contributed by atoms with Crippen LogP contribution in [0.2, 0.25) is 0 Å². The van der Waals surface area contributed by atoms with E-state index in [4.69, 9.17) is 0 Å². The first-order valence-electron chi connectivity index (χ1n) is 3.54. The van der Waals surface area contributed by atoms with E-state index in [1.54, 1.807) is 0 Å². The van der Waals surface area contributed by atoms with Gasteiger partial charge in [-0.3, -0.25) is 0 Å². The molecule has 0 aromatic rings. The summed E-state index contributed by atoms with van der Waals surface area (Å²) in [7, 11) is 4.36. The van der Waals surface area contributed by atoms with Gasteiger partial charge < -0.3 is 4.48 Å². The molecule has 0 bridgehead atoms. The van der Waals surface area contributed by atoms with Crippen molar-refractivity contribution in [2.45, 2.75) is 0 Å². The Morgan fingerprint density at radius 2 is 2.09 bits per heavy atom. The molecule has 0 aliphatic heterocycles. The summed E-state index contributed by atoms with van der Waals surface area (Å²) in [4.78, 5) is 3.87. The average molecular weight is 238 g/mol. The van der Waals surface area contributed by atoms with Gasteiger partial charge in [-0.2, -0.15) is 0 Å². The Hall–Kier alpha value is 0.240. The lowest BCUT2D eigenvalue weighted by atomic mass is 10.4. The molecule has 0 heterocycles. The van der Waals surface area contributed by atoms with Crippen LogP contribution in [0.3, 0.4) is 0 Å². The highest BCUT2D eigenvalue weighted by molar-refractivity contribution is 9.09. The number of isothiocyanates is 1. The number of nitrogens with zero attached hydrogens (tertiary/aromatic N) is 2. The zero-order valence-electron chi connectivity index (χ0n) is 7.01. The van der Waals surface area contributed by atoms with E-state index >= 15 is 0 Å². The van der Waals surface area contributed by atoms with Crippen molar-refractivity contribution in [2.75, 3.05) is 39.1 Å². The van der Waals surface area contributed by atoms with Gasteiger partial charge in [0.1, 0.15) is 0 Å². The summed E-state index contributed by atoms with van der Waals surface area (Å²) in [5.41, 5.74) is 0. The first kappa shape index (κ1) is 11.2. The Labute approximate surface area is 82.0 Å². The fraction of sp³-hybridized carbons (Fsp3) is 0.857. The smallest absolute Gasteiger partial charge is 0.0989 e. The standard InChI is InChI=1S/C7H14BrN2S/c1-10(2,5-3-8)6-4-9-7-11/h3-6H2,1-2H3/q+1. The van der Waals surface area contributed by atoms with Crippen LogP contribution in [0.5, 0.6) is 0 Å². The molecule has 11 heavy (non-hydrogen) atoms. The quantitative estimate of drug-likeness (QED) is 0.306. The number of halogens is 1. The van der Waals surface area contributed by atoms with E-state index in [0.29, 0.717) is 0 Å². The van der Waals surface area contributed by atoms with Crippen LogP contribution in [-0.4, -0.2) is 48.7 Å². The molecule has 0 saturated heterocycles. The van der Waals surface area contributed by atoms with Crippen molar-refractivity contribution in [2.24, 2.45) is 4.99 Å². The zero-order valence-corrected chi connectivity index (χ0v) is 9.41. The van der Waals surface area contributed by atoms with E-state index in [2.05, 4.69) is 52.4 Å². The Morgan fingerprint density at radius 1 is 1.45 bits per heavy atom. The minimum atomic E-state index is 0.781. The van der Waals surface area contributed by atoms with Crippen molar-refractivity contribution in [1.82, 2.24) is 0 Å². The van der Waals surface area contributed by atoms with E-state index in [9.17, 15) is 0 Å². The van der Waals surface area contributed by atoms with Crippen molar-refractivity contribution in [3.63, 3.8) is 0 Å². The lowest BCUT2D eigenvalue weighted by Gasteiger charge is -2.27. The molecule has 0 spiro atoms. The molecule has 2 nitrogen and oxygen atoms in total. The van der Waals surface area contributed by atoms with Gasteiger partial charge in [0.15, 0.2) is 0 Å². The van der Waals surface area contributed by atoms with Gasteiger partial charge >= 0.3 is 0 Å². The Morgan fingerprint density at radius 3 is 2.55 bits per heavy atom. The Bertz CT molecular complexity index is 153. The van der Waals surface area contributed by atoms with Crippen molar-refractivity contribution >= 4 is 33.3 Å². The molecule has 4 heteroatoms. The van der Waals surface area contributed by atoms with Crippen LogP contribution >= 0.6 is 28.1 Å². The molecule has 64 valence electrons. The van der Waals surface area contributed by atoms with Crippen LogP contribution in [0.15, 0.2) is 4.99 Å². The third-order valence-corrected chi connectivity index (χ3v) is 2.06. The summed E-state index contributed by atoms with van der Waals surface area (Å²) in [5, 5.41) is 3.40. The molecule has 0 aromatic heterocycles. The van der Waals surface area contributed by atoms with Crippen LogP contribution in [0.25, 0.3) is 0 Å². The summed E-state index contributed by atoms with van der Waals surface area (Å²) in [6.07, 6.45) is 0. The predicted octanol–water partition coefficient (Wildman–Crippen LogP) is 1.56. The fourth-order valence-corrected chi connectivity index (χ4v) is 1.76. The maximum Gasteiger partial charge on any atom is 0.0989 e. The third-order valence-electron chi connectivity index (χ3n) is 1.57. The van der Waals surface area contributed by atoms with E-state index in [-0.39, 0.29) is 0 Å². The lowest BCUT2D eigenvalue weighted by molar-refractivity contribution is -0.886. The number of hydrogen-bond acceptors (Lipinski definition) is 2. The second-order valence-electron chi connectivity index (χ2n) is 3.04. The zero-order chi connectivity index (χ0) is 8.74. The molecule has 0 fully saturated rings. The van der Waals surface area contributed by atoms with Crippen molar-refractivity contribution in [1.29, 1.82) is 0 Å². The van der Waals surface area contributed by atoms with Gasteiger partial charge in [-0.1, -0.05) is 15.9 Å². The minimum Gasteiger partial charge on any atom is -0.326 e. The molecule has 0 amide bonds. The largest absolute Gasteiger partial charge is 0.326 e. The van der Waals surface area contributed by atoms with Crippen molar-refractivity contribution in [3.05, 3.63) is 0 Å². The number of rotatable bonds is 5. The number of aliphatic imine (C=N–C) groups is 1. The van der Waals surface area contributed by atoms with Crippen LogP contribution in [0.4, 0.5) is 0 Å². The van der Waals surface area contributed by atoms with Gasteiger partial charge in [0, 0.05) is 0 Å². The second-order valence-corrected chi connectivity index (χ2v) is 4.02. The van der Waals surface area contributed by atoms with Crippen LogP contribution in [0, 0.1) is 0 Å². The highest BCUT2D eigenvalue weighted by atomic mass is 79.9. The number of alkyl halides is 1. The third kappa shape index (κ3) is 6.63. The molecular weight excluding hydrogens is 224 g/mol. The number of thiocarbonyl (C=S) groups is 1. The van der Waals surface area contributed by atoms with E-state index < -0.39 is 0 Å². The molecule has 0 saturated carbocycles. The molecule has 0 radical (unpaired) electrons. The van der Waals surface area contributed by atoms with Crippen LogP contribution < -0.4 is 0 Å². The van der Waals surface area contributed by atoms with Gasteiger partial charge in [-0.25, -0.2) is 4.99 Å². The normalized spacial score (nSPS) is 10.8. The molecule has 0 aliphatic carbocycles. The van der Waals surface area contributed by atoms with Crippen LogP contribution in [-0.2, 0) is 0 Å². The summed E-state index contributed by atoms with van der Waals surface area (Å²) in [6.45, 7) is 2.92. The average Bonchev–Trinajstić information content (AvgIpc) is 1.87. The van der Waals surface area contributed by atoms with Crippen LogP contribution in [0.1, 0.15) is 0 Å². The van der Waals surface area contributed by atoms with Gasteiger partial charge in [0.25, 0.3) is 0 Å². The topological polar surface area (TPSA) is 12.4 Å². The summed E-state index contributed by atoms with van der Waals surface area (Å²) >= 11 is 7.88. The molecule has 0 unspecified atom stereocenters. The van der Waals surface area contributed by atoms with E-state index in [1.807, 2.05) is 0 Å². The van der Waals surface area contributed by atoms with Crippen molar-refractivity contribution in [3.8, 4) is 0 Å². The number of hydrogen-bond donors (Lipinski definition) is 0. The molecule has 0 atom stereocenters. The highest BCUT2D eigenvalue weighted by Crippen LogP contribution is 1.97. The lowest BCUT2D eigenvalue weighted by Crippen LogP contribution is -2.43. The molecular formula is C7H14BrN2S+. The SMILES string of the molecule is C[N+](C)(CCBr)CCN=C=S. The van der Waals surface area contributed by atoms with E-state index in [0.717, 1.165) is 29.4 Å². The van der Waals surface area contributed by atoms with Gasteiger partial charge in [-0.05, 0) is 12.2 Å². The Kier molecular flexibility index (Phi) is 5.96. The van der Waals surface area contributed by atoms with Crippen molar-refractivity contribution < 1.29 is 4.48 Å².